The molecule has 20 heavy (non-hydrogen) atoms. The highest BCUT2D eigenvalue weighted by Gasteiger charge is 2.32. The number of aromatic nitrogens is 2. The van der Waals surface area contributed by atoms with Crippen molar-refractivity contribution in [3.63, 3.8) is 0 Å². The molecule has 1 aromatic heterocycles. The largest absolute Gasteiger partial charge is 0.416 e. The van der Waals surface area contributed by atoms with Crippen LogP contribution in [0.4, 0.5) is 0 Å². The molecule has 0 spiro atoms. The standard InChI is InChI=1S/C11H17N3O4S2/c1-2-4-12-9(15)6-19-11-14-13-10(18-11)8-3-5-20(16,17)7-8/h8H,2-7H2,1H3,(H,12,15). The molecule has 1 amide bonds. The van der Waals surface area contributed by atoms with Crippen LogP contribution in [0.3, 0.4) is 0 Å². The number of hydrogen-bond donors (Lipinski definition) is 1. The lowest BCUT2D eigenvalue weighted by Gasteiger charge is -2.01. The molecule has 0 aliphatic carbocycles. The topological polar surface area (TPSA) is 102 Å². The monoisotopic (exact) mass is 319 g/mol. The van der Waals surface area contributed by atoms with Gasteiger partial charge in [0.2, 0.25) is 11.8 Å². The molecular formula is C11H17N3O4S2. The maximum Gasteiger partial charge on any atom is 0.277 e. The molecule has 0 saturated carbocycles. The Morgan fingerprint density at radius 2 is 2.30 bits per heavy atom. The van der Waals surface area contributed by atoms with Crippen molar-refractivity contribution in [1.82, 2.24) is 15.5 Å². The number of amides is 1. The first-order valence-corrected chi connectivity index (χ1v) is 9.24. The van der Waals surface area contributed by atoms with Gasteiger partial charge >= 0.3 is 0 Å². The molecule has 2 heterocycles. The highest BCUT2D eigenvalue weighted by atomic mass is 32.2. The fraction of sp³-hybridized carbons (Fsp3) is 0.727. The Labute approximate surface area is 121 Å². The summed E-state index contributed by atoms with van der Waals surface area (Å²) in [7, 11) is -2.97. The normalized spacial score (nSPS) is 20.9. The molecule has 1 aliphatic rings. The van der Waals surface area contributed by atoms with Crippen LogP contribution in [0.2, 0.25) is 0 Å². The van der Waals surface area contributed by atoms with E-state index in [-0.39, 0.29) is 29.1 Å². The summed E-state index contributed by atoms with van der Waals surface area (Å²) < 4.78 is 28.2. The Morgan fingerprint density at radius 1 is 1.50 bits per heavy atom. The van der Waals surface area contributed by atoms with Gasteiger partial charge in [-0.15, -0.1) is 10.2 Å². The number of rotatable bonds is 6. The number of nitrogens with zero attached hydrogens (tertiary/aromatic N) is 2. The number of carbonyl (C=O) groups excluding carboxylic acids is 1. The van der Waals surface area contributed by atoms with Gasteiger partial charge in [-0.25, -0.2) is 8.42 Å². The number of thioether (sulfide) groups is 1. The van der Waals surface area contributed by atoms with Gasteiger partial charge in [-0.1, -0.05) is 18.7 Å². The van der Waals surface area contributed by atoms with E-state index in [9.17, 15) is 13.2 Å². The van der Waals surface area contributed by atoms with Crippen LogP contribution in [0.15, 0.2) is 9.64 Å². The molecule has 0 bridgehead atoms. The van der Waals surface area contributed by atoms with E-state index in [2.05, 4.69) is 15.5 Å². The van der Waals surface area contributed by atoms with Crippen LogP contribution in [-0.2, 0) is 14.6 Å². The zero-order valence-corrected chi connectivity index (χ0v) is 12.8. The van der Waals surface area contributed by atoms with Gasteiger partial charge in [-0.05, 0) is 12.8 Å². The first-order valence-electron chi connectivity index (χ1n) is 6.43. The van der Waals surface area contributed by atoms with Crippen LogP contribution in [0, 0.1) is 0 Å². The number of carbonyl (C=O) groups is 1. The van der Waals surface area contributed by atoms with Crippen molar-refractivity contribution in [2.45, 2.75) is 30.9 Å². The second-order valence-corrected chi connectivity index (χ2v) is 7.80. The summed E-state index contributed by atoms with van der Waals surface area (Å²) in [6.07, 6.45) is 1.41. The second-order valence-electron chi connectivity index (χ2n) is 4.64. The molecule has 7 nitrogen and oxygen atoms in total. The lowest BCUT2D eigenvalue weighted by atomic mass is 10.1. The Hall–Kier alpha value is -1.09. The Bertz CT molecular complexity index is 570. The predicted molar refractivity (Wildman–Crippen MR) is 74.3 cm³/mol. The van der Waals surface area contributed by atoms with Crippen molar-refractivity contribution in [2.24, 2.45) is 0 Å². The van der Waals surface area contributed by atoms with Crippen LogP contribution >= 0.6 is 11.8 Å². The third kappa shape index (κ3) is 4.20. The second kappa shape index (κ2) is 6.57. The van der Waals surface area contributed by atoms with Crippen molar-refractivity contribution in [3.05, 3.63) is 5.89 Å². The Morgan fingerprint density at radius 3 is 2.95 bits per heavy atom. The summed E-state index contributed by atoms with van der Waals surface area (Å²) in [5, 5.41) is 10.8. The number of hydrogen-bond acceptors (Lipinski definition) is 7. The smallest absolute Gasteiger partial charge is 0.277 e. The van der Waals surface area contributed by atoms with Gasteiger partial charge in [0.05, 0.1) is 23.2 Å². The summed E-state index contributed by atoms with van der Waals surface area (Å²) in [6, 6.07) is 0. The SMILES string of the molecule is CCCNC(=O)CSc1nnc(C2CCS(=O)(=O)C2)o1. The molecule has 9 heteroatoms. The third-order valence-electron chi connectivity index (χ3n) is 2.90. The summed E-state index contributed by atoms with van der Waals surface area (Å²) >= 11 is 1.16. The minimum absolute atomic E-state index is 0.0658. The van der Waals surface area contributed by atoms with Crippen LogP contribution in [0.1, 0.15) is 31.6 Å². The molecule has 1 fully saturated rings. The molecule has 1 aliphatic heterocycles. The van der Waals surface area contributed by atoms with Gasteiger partial charge in [-0.3, -0.25) is 4.79 Å². The van der Waals surface area contributed by atoms with Crippen molar-refractivity contribution in [1.29, 1.82) is 0 Å². The molecule has 1 N–H and O–H groups in total. The molecule has 1 aromatic rings. The zero-order chi connectivity index (χ0) is 14.6. The maximum atomic E-state index is 11.4. The molecule has 112 valence electrons. The van der Waals surface area contributed by atoms with E-state index in [0.29, 0.717) is 24.1 Å². The van der Waals surface area contributed by atoms with E-state index in [1.54, 1.807) is 0 Å². The van der Waals surface area contributed by atoms with E-state index in [1.807, 2.05) is 6.92 Å². The lowest BCUT2D eigenvalue weighted by Crippen LogP contribution is -2.25. The quantitative estimate of drug-likeness (QED) is 0.765. The first kappa shape index (κ1) is 15.3. The maximum absolute atomic E-state index is 11.4. The summed E-state index contributed by atoms with van der Waals surface area (Å²) in [5.41, 5.74) is 0. The molecule has 0 aromatic carbocycles. The van der Waals surface area contributed by atoms with E-state index in [1.165, 1.54) is 0 Å². The van der Waals surface area contributed by atoms with Crippen LogP contribution in [0.25, 0.3) is 0 Å². The van der Waals surface area contributed by atoms with Crippen molar-refractivity contribution in [2.75, 3.05) is 23.8 Å². The fourth-order valence-electron chi connectivity index (χ4n) is 1.88. The van der Waals surface area contributed by atoms with Gasteiger partial charge in [0.25, 0.3) is 5.22 Å². The molecule has 2 rings (SSSR count). The van der Waals surface area contributed by atoms with Gasteiger partial charge in [0, 0.05) is 6.54 Å². The van der Waals surface area contributed by atoms with E-state index >= 15 is 0 Å². The van der Waals surface area contributed by atoms with E-state index < -0.39 is 9.84 Å². The minimum atomic E-state index is -2.97. The first-order chi connectivity index (χ1) is 9.50. The van der Waals surface area contributed by atoms with Crippen molar-refractivity contribution < 1.29 is 17.6 Å². The highest BCUT2D eigenvalue weighted by Crippen LogP contribution is 2.29. The van der Waals surface area contributed by atoms with Crippen molar-refractivity contribution in [3.8, 4) is 0 Å². The predicted octanol–water partition coefficient (Wildman–Crippen LogP) is 0.590. The fourth-order valence-corrected chi connectivity index (χ4v) is 4.21. The van der Waals surface area contributed by atoms with E-state index in [4.69, 9.17) is 4.42 Å². The third-order valence-corrected chi connectivity index (χ3v) is 5.49. The van der Waals surface area contributed by atoms with E-state index in [0.717, 1.165) is 18.2 Å². The minimum Gasteiger partial charge on any atom is -0.416 e. The molecular weight excluding hydrogens is 302 g/mol. The Kier molecular flexibility index (Phi) is 5.03. The number of sulfone groups is 1. The van der Waals surface area contributed by atoms with Crippen LogP contribution in [-0.4, -0.2) is 48.3 Å². The molecule has 1 atom stereocenters. The summed E-state index contributed by atoms with van der Waals surface area (Å²) in [4.78, 5) is 11.4. The van der Waals surface area contributed by atoms with Crippen LogP contribution < -0.4 is 5.32 Å². The highest BCUT2D eigenvalue weighted by molar-refractivity contribution is 7.99. The van der Waals surface area contributed by atoms with Gasteiger partial charge < -0.3 is 9.73 Å². The summed E-state index contributed by atoms with van der Waals surface area (Å²) in [5.74, 6) is 0.501. The average Bonchev–Trinajstić information content (AvgIpc) is 3.00. The molecule has 1 saturated heterocycles. The Balaban J connectivity index is 1.85. The zero-order valence-electron chi connectivity index (χ0n) is 11.2. The molecule has 0 radical (unpaired) electrons. The van der Waals surface area contributed by atoms with Gasteiger partial charge in [0.15, 0.2) is 9.84 Å². The average molecular weight is 319 g/mol. The molecule has 1 unspecified atom stereocenters. The van der Waals surface area contributed by atoms with Gasteiger partial charge in [0.1, 0.15) is 0 Å². The lowest BCUT2D eigenvalue weighted by molar-refractivity contribution is -0.118. The van der Waals surface area contributed by atoms with Gasteiger partial charge in [-0.2, -0.15) is 0 Å². The number of nitrogens with one attached hydrogen (secondary N) is 1. The van der Waals surface area contributed by atoms with Crippen molar-refractivity contribution >= 4 is 27.5 Å². The summed E-state index contributed by atoms with van der Waals surface area (Å²) in [6.45, 7) is 2.63. The van der Waals surface area contributed by atoms with Crippen LogP contribution in [0.5, 0.6) is 0 Å².